The van der Waals surface area contributed by atoms with Crippen LogP contribution < -0.4 is 5.46 Å². The summed E-state index contributed by atoms with van der Waals surface area (Å²) in [5.74, 6) is 0. The third kappa shape index (κ3) is 3.15. The minimum Gasteiger partial charge on any atom is -0.456 e. The fourth-order valence-electron chi connectivity index (χ4n) is 5.39. The van der Waals surface area contributed by atoms with Gasteiger partial charge in [0.15, 0.2) is 0 Å². The van der Waals surface area contributed by atoms with E-state index in [9.17, 15) is 0 Å². The van der Waals surface area contributed by atoms with E-state index in [2.05, 4.69) is 107 Å². The van der Waals surface area contributed by atoms with E-state index >= 15 is 0 Å². The molecule has 0 atom stereocenters. The number of fused-ring (bicyclic) bond motifs is 6. The third-order valence-electron chi connectivity index (χ3n) is 8.11. The van der Waals surface area contributed by atoms with Crippen molar-refractivity contribution in [2.45, 2.75) is 38.9 Å². The fourth-order valence-corrected chi connectivity index (χ4v) is 5.39. The highest BCUT2D eigenvalue weighted by Gasteiger charge is 2.52. The van der Waals surface area contributed by atoms with Crippen LogP contribution in [0.2, 0.25) is 0 Å². The first-order valence-electron chi connectivity index (χ1n) is 12.5. The van der Waals surface area contributed by atoms with Gasteiger partial charge in [-0.05, 0) is 90.1 Å². The highest BCUT2D eigenvalue weighted by molar-refractivity contribution is 6.66. The number of furan rings is 1. The molecular formula is C32H27BO3. The topological polar surface area (TPSA) is 31.6 Å². The van der Waals surface area contributed by atoms with Gasteiger partial charge in [-0.3, -0.25) is 0 Å². The molecule has 0 spiro atoms. The van der Waals surface area contributed by atoms with Crippen molar-refractivity contribution in [2.24, 2.45) is 0 Å². The molecule has 5 aromatic carbocycles. The van der Waals surface area contributed by atoms with E-state index in [1.807, 2.05) is 12.1 Å². The minimum absolute atomic E-state index is 0.403. The van der Waals surface area contributed by atoms with Gasteiger partial charge in [0, 0.05) is 10.8 Å². The van der Waals surface area contributed by atoms with Crippen LogP contribution in [0.15, 0.2) is 95.4 Å². The summed E-state index contributed by atoms with van der Waals surface area (Å²) in [4.78, 5) is 0. The molecule has 7 rings (SSSR count). The first-order chi connectivity index (χ1) is 17.3. The van der Waals surface area contributed by atoms with E-state index in [-0.39, 0.29) is 0 Å². The molecular weight excluding hydrogens is 443 g/mol. The normalized spacial score (nSPS) is 17.1. The van der Waals surface area contributed by atoms with Crippen LogP contribution >= 0.6 is 0 Å². The van der Waals surface area contributed by atoms with Crippen LogP contribution in [0.5, 0.6) is 0 Å². The van der Waals surface area contributed by atoms with Gasteiger partial charge in [-0.2, -0.15) is 0 Å². The van der Waals surface area contributed by atoms with Crippen molar-refractivity contribution in [3.8, 4) is 11.1 Å². The van der Waals surface area contributed by atoms with Crippen LogP contribution in [0.1, 0.15) is 27.7 Å². The van der Waals surface area contributed by atoms with Gasteiger partial charge in [0.2, 0.25) is 0 Å². The average molecular weight is 470 g/mol. The second kappa shape index (κ2) is 7.46. The van der Waals surface area contributed by atoms with Crippen molar-refractivity contribution in [1.82, 2.24) is 0 Å². The van der Waals surface area contributed by atoms with Gasteiger partial charge in [0.05, 0.1) is 11.2 Å². The lowest BCUT2D eigenvalue weighted by atomic mass is 9.76. The van der Waals surface area contributed by atoms with Crippen molar-refractivity contribution in [3.63, 3.8) is 0 Å². The Labute approximate surface area is 210 Å². The lowest BCUT2D eigenvalue weighted by Crippen LogP contribution is -2.41. The highest BCUT2D eigenvalue weighted by Crippen LogP contribution is 2.39. The van der Waals surface area contributed by atoms with Crippen molar-refractivity contribution < 1.29 is 13.7 Å². The van der Waals surface area contributed by atoms with Gasteiger partial charge in [-0.15, -0.1) is 0 Å². The molecule has 1 aromatic heterocycles. The molecule has 6 aromatic rings. The van der Waals surface area contributed by atoms with Gasteiger partial charge in [0.1, 0.15) is 11.2 Å². The summed E-state index contributed by atoms with van der Waals surface area (Å²) in [6, 6.07) is 32.3. The van der Waals surface area contributed by atoms with Crippen LogP contribution in [-0.2, 0) is 9.31 Å². The van der Waals surface area contributed by atoms with Crippen molar-refractivity contribution in [1.29, 1.82) is 0 Å². The minimum atomic E-state index is -0.447. The number of hydrogen-bond donors (Lipinski definition) is 0. The van der Waals surface area contributed by atoms with Crippen LogP contribution in [0.25, 0.3) is 54.6 Å². The second-order valence-corrected chi connectivity index (χ2v) is 10.8. The number of hydrogen-bond acceptors (Lipinski definition) is 3. The van der Waals surface area contributed by atoms with E-state index in [0.717, 1.165) is 33.0 Å². The average Bonchev–Trinajstić information content (AvgIpc) is 3.35. The molecule has 0 unspecified atom stereocenters. The van der Waals surface area contributed by atoms with E-state index in [4.69, 9.17) is 13.7 Å². The predicted molar refractivity (Wildman–Crippen MR) is 150 cm³/mol. The van der Waals surface area contributed by atoms with Crippen molar-refractivity contribution in [3.05, 3.63) is 91.0 Å². The molecule has 2 heterocycles. The summed E-state index contributed by atoms with van der Waals surface area (Å²) in [7, 11) is -0.447. The van der Waals surface area contributed by atoms with E-state index in [1.165, 1.54) is 27.1 Å². The molecule has 1 saturated heterocycles. The lowest BCUT2D eigenvalue weighted by Gasteiger charge is -2.32. The molecule has 0 radical (unpaired) electrons. The largest absolute Gasteiger partial charge is 0.495 e. The molecule has 4 heteroatoms. The van der Waals surface area contributed by atoms with Crippen LogP contribution in [0, 0.1) is 0 Å². The van der Waals surface area contributed by atoms with E-state index < -0.39 is 18.3 Å². The molecule has 0 saturated carbocycles. The molecule has 36 heavy (non-hydrogen) atoms. The molecule has 3 nitrogen and oxygen atoms in total. The summed E-state index contributed by atoms with van der Waals surface area (Å²) in [5, 5.41) is 7.19. The smallest absolute Gasteiger partial charge is 0.456 e. The Bertz CT molecular complexity index is 1800. The molecule has 0 amide bonds. The van der Waals surface area contributed by atoms with Crippen LogP contribution in [0.4, 0.5) is 0 Å². The zero-order valence-corrected chi connectivity index (χ0v) is 21.0. The molecule has 0 N–H and O–H groups in total. The fraction of sp³-hybridized carbons (Fsp3) is 0.188. The summed E-state index contributed by atoms with van der Waals surface area (Å²) in [6.45, 7) is 8.34. The summed E-state index contributed by atoms with van der Waals surface area (Å²) in [6.07, 6.45) is 0. The van der Waals surface area contributed by atoms with Gasteiger partial charge in [-0.25, -0.2) is 0 Å². The van der Waals surface area contributed by atoms with Crippen molar-refractivity contribution >= 4 is 56.1 Å². The van der Waals surface area contributed by atoms with Gasteiger partial charge in [-0.1, -0.05) is 66.7 Å². The quantitative estimate of drug-likeness (QED) is 0.191. The van der Waals surface area contributed by atoms with Gasteiger partial charge in [0.25, 0.3) is 0 Å². The molecule has 0 aliphatic carbocycles. The molecule has 0 bridgehead atoms. The van der Waals surface area contributed by atoms with Crippen molar-refractivity contribution in [2.75, 3.05) is 0 Å². The Morgan fingerprint density at radius 1 is 0.556 bits per heavy atom. The first-order valence-corrected chi connectivity index (χ1v) is 12.5. The molecule has 176 valence electrons. The Hall–Kier alpha value is -3.60. The molecule has 1 aliphatic rings. The SMILES string of the molecule is CC1(C)OB(c2cccc3oc4ccc(-c5ccc6c(ccc7ccccc76)c5)cc4c23)OC1(C)C. The zero-order valence-electron chi connectivity index (χ0n) is 21.0. The maximum absolute atomic E-state index is 6.41. The van der Waals surface area contributed by atoms with E-state index in [1.54, 1.807) is 0 Å². The molecule has 1 fully saturated rings. The van der Waals surface area contributed by atoms with Crippen LogP contribution in [-0.4, -0.2) is 18.3 Å². The highest BCUT2D eigenvalue weighted by atomic mass is 16.7. The monoisotopic (exact) mass is 470 g/mol. The number of benzene rings is 5. The van der Waals surface area contributed by atoms with Gasteiger partial charge < -0.3 is 13.7 Å². The van der Waals surface area contributed by atoms with Gasteiger partial charge >= 0.3 is 7.12 Å². The summed E-state index contributed by atoms with van der Waals surface area (Å²) in [5.41, 5.74) is 4.25. The first kappa shape index (κ1) is 21.7. The lowest BCUT2D eigenvalue weighted by molar-refractivity contribution is 0.00578. The standard InChI is InChI=1S/C32H27BO3/c1-31(2)32(3,4)36-33(35-31)27-10-7-11-29-30(27)26-19-22(15-17-28(26)34-29)21-14-16-25-23(18-21)13-12-20-8-5-6-9-24(20)25/h5-19H,1-4H3. The number of rotatable bonds is 2. The van der Waals surface area contributed by atoms with E-state index in [0.29, 0.717) is 0 Å². The third-order valence-corrected chi connectivity index (χ3v) is 8.11. The Balaban J connectivity index is 1.38. The predicted octanol–water partition coefficient (Wildman–Crippen LogP) is 7.86. The molecule has 1 aliphatic heterocycles. The van der Waals surface area contributed by atoms with Crippen LogP contribution in [0.3, 0.4) is 0 Å². The zero-order chi connectivity index (χ0) is 24.7. The Morgan fingerprint density at radius 2 is 1.25 bits per heavy atom. The maximum Gasteiger partial charge on any atom is 0.495 e. The second-order valence-electron chi connectivity index (χ2n) is 10.8. The maximum atomic E-state index is 6.41. The Morgan fingerprint density at radius 3 is 2.08 bits per heavy atom. The summed E-state index contributed by atoms with van der Waals surface area (Å²) >= 11 is 0. The Kier molecular flexibility index (Phi) is 4.49. The summed E-state index contributed by atoms with van der Waals surface area (Å²) < 4.78 is 19.1.